The molecule has 1 aliphatic rings. The van der Waals surface area contributed by atoms with E-state index in [4.69, 9.17) is 4.74 Å². The summed E-state index contributed by atoms with van der Waals surface area (Å²) in [5.74, 6) is 5.85. The van der Waals surface area contributed by atoms with Crippen molar-refractivity contribution in [3.8, 4) is 11.8 Å². The Kier molecular flexibility index (Phi) is 4.09. The molecule has 0 spiro atoms. The highest BCUT2D eigenvalue weighted by Gasteiger charge is 2.49. The number of methoxy groups -OCH3 is 1. The third kappa shape index (κ3) is 2.55. The molecule has 120 valence electrons. The molecule has 0 bridgehead atoms. The second-order valence-electron chi connectivity index (χ2n) is 5.80. The van der Waals surface area contributed by atoms with Crippen LogP contribution in [0.2, 0.25) is 0 Å². The van der Waals surface area contributed by atoms with Crippen LogP contribution in [-0.4, -0.2) is 19.1 Å². The lowest BCUT2D eigenvalue weighted by atomic mass is 9.81. The van der Waals surface area contributed by atoms with Gasteiger partial charge in [-0.15, -0.1) is 0 Å². The normalized spacial score (nSPS) is 18.6. The number of hydrogen-bond acceptors (Lipinski definition) is 3. The summed E-state index contributed by atoms with van der Waals surface area (Å²) in [6, 6.07) is 16.9. The number of hydrogen-bond donors (Lipinski definition) is 0. The smallest absolute Gasteiger partial charge is 0.420 e. The molecule has 0 unspecified atom stereocenters. The van der Waals surface area contributed by atoms with Crippen LogP contribution in [0.15, 0.2) is 54.6 Å². The summed E-state index contributed by atoms with van der Waals surface area (Å²) in [7, 11) is 1.27. The average molecular weight is 319 g/mol. The van der Waals surface area contributed by atoms with Crippen molar-refractivity contribution < 1.29 is 14.3 Å². The molecule has 0 aromatic heterocycles. The maximum absolute atomic E-state index is 12.9. The van der Waals surface area contributed by atoms with Gasteiger partial charge in [0, 0.05) is 12.0 Å². The number of amides is 2. The van der Waals surface area contributed by atoms with E-state index in [2.05, 4.69) is 11.8 Å². The monoisotopic (exact) mass is 319 g/mol. The second kappa shape index (κ2) is 6.21. The number of anilines is 1. The van der Waals surface area contributed by atoms with E-state index in [1.165, 1.54) is 7.11 Å². The van der Waals surface area contributed by atoms with Gasteiger partial charge in [0.1, 0.15) is 0 Å². The van der Waals surface area contributed by atoms with E-state index < -0.39 is 11.5 Å². The van der Waals surface area contributed by atoms with Crippen molar-refractivity contribution in [3.05, 3.63) is 65.7 Å². The van der Waals surface area contributed by atoms with Gasteiger partial charge in [-0.25, -0.2) is 9.69 Å². The molecular weight excluding hydrogens is 302 g/mol. The molecule has 1 heterocycles. The zero-order valence-corrected chi connectivity index (χ0v) is 13.6. The molecule has 4 nitrogen and oxygen atoms in total. The molecule has 3 rings (SSSR count). The molecule has 0 N–H and O–H groups in total. The Morgan fingerprint density at radius 3 is 2.50 bits per heavy atom. The fraction of sp³-hybridized carbons (Fsp3) is 0.200. The minimum atomic E-state index is -0.868. The van der Waals surface area contributed by atoms with Crippen LogP contribution in [0.1, 0.15) is 24.5 Å². The standard InChI is InChI=1S/C20H17NO3/c1-20(14-8-11-15-9-4-3-5-10-15)16-12-6-7-13-17(16)21(18(20)22)19(23)24-2/h3-7,9-10,12-13H,14H2,1-2H3/t20-/m0/s1. The van der Waals surface area contributed by atoms with Crippen molar-refractivity contribution in [1.29, 1.82) is 0 Å². The van der Waals surface area contributed by atoms with Crippen molar-refractivity contribution in [3.63, 3.8) is 0 Å². The van der Waals surface area contributed by atoms with Crippen molar-refractivity contribution in [2.45, 2.75) is 18.8 Å². The van der Waals surface area contributed by atoms with Crippen LogP contribution in [0.25, 0.3) is 0 Å². The van der Waals surface area contributed by atoms with Crippen LogP contribution in [0.3, 0.4) is 0 Å². The molecule has 0 radical (unpaired) electrons. The molecule has 24 heavy (non-hydrogen) atoms. The predicted octanol–water partition coefficient (Wildman–Crippen LogP) is 3.50. The molecule has 1 atom stereocenters. The van der Waals surface area contributed by atoms with E-state index in [-0.39, 0.29) is 5.91 Å². The summed E-state index contributed by atoms with van der Waals surface area (Å²) in [6.07, 6.45) is -0.349. The molecule has 0 aliphatic carbocycles. The first kappa shape index (κ1) is 15.8. The highest BCUT2D eigenvalue weighted by molar-refractivity contribution is 6.21. The minimum Gasteiger partial charge on any atom is -0.452 e. The first-order chi connectivity index (χ1) is 11.6. The fourth-order valence-electron chi connectivity index (χ4n) is 2.89. The lowest BCUT2D eigenvalue weighted by Crippen LogP contribution is -2.41. The number of para-hydroxylation sites is 1. The van der Waals surface area contributed by atoms with Crippen LogP contribution >= 0.6 is 0 Å². The first-order valence-electron chi connectivity index (χ1n) is 7.64. The largest absolute Gasteiger partial charge is 0.452 e. The van der Waals surface area contributed by atoms with Gasteiger partial charge in [-0.1, -0.05) is 48.2 Å². The number of benzene rings is 2. The van der Waals surface area contributed by atoms with Gasteiger partial charge in [0.25, 0.3) is 0 Å². The summed E-state index contributed by atoms with van der Waals surface area (Å²) in [5.41, 5.74) is 1.39. The quantitative estimate of drug-likeness (QED) is 0.756. The Morgan fingerprint density at radius 1 is 1.12 bits per heavy atom. The molecule has 1 aliphatic heterocycles. The van der Waals surface area contributed by atoms with Crippen molar-refractivity contribution >= 4 is 17.7 Å². The number of imide groups is 1. The second-order valence-corrected chi connectivity index (χ2v) is 5.80. The predicted molar refractivity (Wildman–Crippen MR) is 91.6 cm³/mol. The lowest BCUT2D eigenvalue weighted by Gasteiger charge is -2.20. The number of rotatable bonds is 1. The highest BCUT2D eigenvalue weighted by atomic mass is 16.5. The summed E-state index contributed by atoms with van der Waals surface area (Å²) in [6.45, 7) is 1.82. The van der Waals surface area contributed by atoms with E-state index in [9.17, 15) is 9.59 Å². The van der Waals surface area contributed by atoms with E-state index in [1.807, 2.05) is 49.4 Å². The first-order valence-corrected chi connectivity index (χ1v) is 7.64. The van der Waals surface area contributed by atoms with Crippen molar-refractivity contribution in [1.82, 2.24) is 0 Å². The molecule has 4 heteroatoms. The molecule has 2 aromatic carbocycles. The SMILES string of the molecule is COC(=O)N1C(=O)[C@@](C)(CC#Cc2ccccc2)c2ccccc21. The topological polar surface area (TPSA) is 46.6 Å². The van der Waals surface area contributed by atoms with Crippen LogP contribution in [0.4, 0.5) is 10.5 Å². The van der Waals surface area contributed by atoms with Crippen molar-refractivity contribution in [2.75, 3.05) is 12.0 Å². The fourth-order valence-corrected chi connectivity index (χ4v) is 2.89. The van der Waals surface area contributed by atoms with Gasteiger partial charge in [-0.2, -0.15) is 0 Å². The lowest BCUT2D eigenvalue weighted by molar-refractivity contribution is -0.122. The average Bonchev–Trinajstić information content (AvgIpc) is 2.84. The minimum absolute atomic E-state index is 0.307. The number of carbonyl (C=O) groups excluding carboxylic acids is 2. The van der Waals surface area contributed by atoms with E-state index in [0.29, 0.717) is 12.1 Å². The van der Waals surface area contributed by atoms with Gasteiger partial charge in [0.2, 0.25) is 5.91 Å². The van der Waals surface area contributed by atoms with Crippen LogP contribution in [0, 0.1) is 11.8 Å². The highest BCUT2D eigenvalue weighted by Crippen LogP contribution is 2.43. The third-order valence-corrected chi connectivity index (χ3v) is 4.22. The molecule has 0 saturated carbocycles. The summed E-state index contributed by atoms with van der Waals surface area (Å²) >= 11 is 0. The number of nitrogens with zero attached hydrogens (tertiary/aromatic N) is 1. The van der Waals surface area contributed by atoms with Crippen LogP contribution in [-0.2, 0) is 14.9 Å². The van der Waals surface area contributed by atoms with Crippen molar-refractivity contribution in [2.24, 2.45) is 0 Å². The zero-order valence-electron chi connectivity index (χ0n) is 13.6. The van der Waals surface area contributed by atoms with Crippen LogP contribution in [0.5, 0.6) is 0 Å². The van der Waals surface area contributed by atoms with Gasteiger partial charge in [0.15, 0.2) is 0 Å². The summed E-state index contributed by atoms with van der Waals surface area (Å²) < 4.78 is 4.76. The van der Waals surface area contributed by atoms with Gasteiger partial charge < -0.3 is 4.74 Å². The maximum atomic E-state index is 12.9. The number of fused-ring (bicyclic) bond motifs is 1. The zero-order chi connectivity index (χ0) is 17.2. The Hall–Kier alpha value is -3.06. The Labute approximate surface area is 141 Å². The Balaban J connectivity index is 1.96. The van der Waals surface area contributed by atoms with E-state index in [0.717, 1.165) is 16.0 Å². The van der Waals surface area contributed by atoms with Gasteiger partial charge in [-0.3, -0.25) is 4.79 Å². The van der Waals surface area contributed by atoms with Gasteiger partial charge in [0.05, 0.1) is 18.2 Å². The Morgan fingerprint density at radius 2 is 1.79 bits per heavy atom. The molecule has 0 fully saturated rings. The molecule has 2 aromatic rings. The van der Waals surface area contributed by atoms with E-state index in [1.54, 1.807) is 12.1 Å². The summed E-state index contributed by atoms with van der Waals surface area (Å²) in [5, 5.41) is 0. The Bertz CT molecular complexity index is 848. The maximum Gasteiger partial charge on any atom is 0.420 e. The van der Waals surface area contributed by atoms with E-state index >= 15 is 0 Å². The van der Waals surface area contributed by atoms with Gasteiger partial charge in [-0.05, 0) is 30.7 Å². The summed E-state index contributed by atoms with van der Waals surface area (Å²) in [4.78, 5) is 26.0. The van der Waals surface area contributed by atoms with Gasteiger partial charge >= 0.3 is 6.09 Å². The van der Waals surface area contributed by atoms with Crippen LogP contribution < -0.4 is 4.90 Å². The third-order valence-electron chi connectivity index (χ3n) is 4.22. The molecular formula is C20H17NO3. The number of ether oxygens (including phenoxy) is 1. The molecule has 0 saturated heterocycles. The number of carbonyl (C=O) groups is 2. The molecule has 2 amide bonds.